The number of nitrogen functional groups attached to an aromatic ring is 1. The lowest BCUT2D eigenvalue weighted by molar-refractivity contribution is -0.122. The lowest BCUT2D eigenvalue weighted by Crippen LogP contribution is -2.32. The predicted molar refractivity (Wildman–Crippen MR) is 101 cm³/mol. The quantitative estimate of drug-likeness (QED) is 0.260. The zero-order valence-electron chi connectivity index (χ0n) is 14.8. The fourth-order valence-electron chi connectivity index (χ4n) is 3.72. The number of fused-ring (bicyclic) bond motifs is 6. The van der Waals surface area contributed by atoms with E-state index in [2.05, 4.69) is 0 Å². The Morgan fingerprint density at radius 2 is 1.38 bits per heavy atom. The molecule has 146 valence electrons. The molecule has 8 heteroatoms. The van der Waals surface area contributed by atoms with Crippen LogP contribution in [-0.2, 0) is 15.1 Å². The van der Waals surface area contributed by atoms with Gasteiger partial charge in [-0.1, -0.05) is 6.07 Å². The molecule has 3 aromatic rings. The Morgan fingerprint density at radius 1 is 0.862 bits per heavy atom. The first-order valence-corrected chi connectivity index (χ1v) is 8.46. The average Bonchev–Trinajstić information content (AvgIpc) is 2.94. The molecule has 2 heterocycles. The van der Waals surface area contributed by atoms with Crippen LogP contribution in [0.5, 0.6) is 23.0 Å². The maximum Gasteiger partial charge on any atom is 0.340 e. The van der Waals surface area contributed by atoms with E-state index in [4.69, 9.17) is 25.1 Å². The van der Waals surface area contributed by atoms with E-state index < -0.39 is 11.6 Å². The summed E-state index contributed by atoms with van der Waals surface area (Å²) in [5.41, 5.74) is 7.26. The summed E-state index contributed by atoms with van der Waals surface area (Å²) in [4.78, 5) is 21.0. The fourth-order valence-corrected chi connectivity index (χ4v) is 3.72. The number of benzene rings is 3. The van der Waals surface area contributed by atoms with Crippen LogP contribution in [0, 0.1) is 0 Å². The monoisotopic (exact) mass is 393 g/mol. The van der Waals surface area contributed by atoms with Crippen molar-refractivity contribution in [1.29, 1.82) is 0 Å². The molecule has 0 bridgehead atoms. The van der Waals surface area contributed by atoms with Gasteiger partial charge < -0.3 is 30.5 Å². The Balaban J connectivity index is 0.000000645. The van der Waals surface area contributed by atoms with Gasteiger partial charge in [-0.2, -0.15) is 0 Å². The molecule has 0 aliphatic carbocycles. The number of anilines is 1. The molecular weight excluding hydrogens is 378 g/mol. The van der Waals surface area contributed by atoms with Gasteiger partial charge in [-0.3, -0.25) is 4.79 Å². The predicted octanol–water partition coefficient (Wildman–Crippen LogP) is 2.95. The van der Waals surface area contributed by atoms with Crippen LogP contribution in [0.4, 0.5) is 5.69 Å². The lowest BCUT2D eigenvalue weighted by atomic mass is 9.77. The highest BCUT2D eigenvalue weighted by Gasteiger charge is 2.53. The van der Waals surface area contributed by atoms with E-state index in [1.807, 2.05) is 0 Å². The third kappa shape index (κ3) is 2.61. The number of aromatic hydroxyl groups is 2. The Morgan fingerprint density at radius 3 is 1.93 bits per heavy atom. The van der Waals surface area contributed by atoms with E-state index in [-0.39, 0.29) is 18.0 Å². The number of carboxylic acid groups (broad SMARTS) is 1. The third-order valence-corrected chi connectivity index (χ3v) is 4.80. The third-order valence-electron chi connectivity index (χ3n) is 4.80. The van der Waals surface area contributed by atoms with Gasteiger partial charge in [-0.05, 0) is 36.4 Å². The molecule has 5 N–H and O–H groups in total. The summed E-state index contributed by atoms with van der Waals surface area (Å²) >= 11 is 0. The average molecular weight is 393 g/mol. The molecule has 29 heavy (non-hydrogen) atoms. The van der Waals surface area contributed by atoms with Crippen molar-refractivity contribution in [3.63, 3.8) is 0 Å². The zero-order valence-corrected chi connectivity index (χ0v) is 14.8. The van der Waals surface area contributed by atoms with E-state index in [9.17, 15) is 15.0 Å². The second kappa shape index (κ2) is 6.45. The van der Waals surface area contributed by atoms with Crippen LogP contribution in [0.2, 0.25) is 0 Å². The number of phenols is 2. The highest BCUT2D eigenvalue weighted by atomic mass is 16.6. The van der Waals surface area contributed by atoms with Crippen molar-refractivity contribution in [3.8, 4) is 23.0 Å². The van der Waals surface area contributed by atoms with E-state index >= 15 is 0 Å². The van der Waals surface area contributed by atoms with Crippen LogP contribution >= 0.6 is 0 Å². The summed E-state index contributed by atoms with van der Waals surface area (Å²) in [6, 6.07) is 14.3. The topological polar surface area (TPSA) is 139 Å². The van der Waals surface area contributed by atoms with Crippen molar-refractivity contribution in [2.24, 2.45) is 0 Å². The molecule has 8 nitrogen and oxygen atoms in total. The second-order valence-electron chi connectivity index (χ2n) is 6.44. The van der Waals surface area contributed by atoms with Crippen molar-refractivity contribution >= 4 is 18.1 Å². The van der Waals surface area contributed by atoms with Crippen LogP contribution < -0.4 is 10.5 Å². The zero-order chi connectivity index (χ0) is 20.8. The summed E-state index contributed by atoms with van der Waals surface area (Å²) < 4.78 is 11.8. The molecule has 3 aromatic carbocycles. The fraction of sp³-hybridized carbons (Fsp3) is 0.0476. The van der Waals surface area contributed by atoms with Crippen LogP contribution in [-0.4, -0.2) is 27.8 Å². The van der Waals surface area contributed by atoms with Gasteiger partial charge in [-0.15, -0.1) is 0 Å². The van der Waals surface area contributed by atoms with Gasteiger partial charge >= 0.3 is 5.97 Å². The number of hydrogen-bond acceptors (Lipinski definition) is 7. The molecule has 0 fully saturated rings. The maximum atomic E-state index is 12.6. The molecule has 1 spiro atoms. The minimum Gasteiger partial charge on any atom is -0.508 e. The number of rotatable bonds is 0. The number of esters is 1. The van der Waals surface area contributed by atoms with Crippen LogP contribution in [0.25, 0.3) is 0 Å². The summed E-state index contributed by atoms with van der Waals surface area (Å²) in [6.07, 6.45) is 0. The molecule has 0 amide bonds. The van der Waals surface area contributed by atoms with Gasteiger partial charge in [-0.25, -0.2) is 4.79 Å². The maximum absolute atomic E-state index is 12.6. The number of nitrogens with two attached hydrogens (primary N) is 1. The van der Waals surface area contributed by atoms with E-state index in [1.54, 1.807) is 30.3 Å². The summed E-state index contributed by atoms with van der Waals surface area (Å²) in [5, 5.41) is 26.6. The Bertz CT molecular complexity index is 1100. The van der Waals surface area contributed by atoms with Gasteiger partial charge in [0.05, 0.1) is 5.56 Å². The lowest BCUT2D eigenvalue weighted by Gasteiger charge is -2.36. The largest absolute Gasteiger partial charge is 0.508 e. The first-order valence-electron chi connectivity index (χ1n) is 8.46. The Hall–Kier alpha value is -4.20. The Labute approximate surface area is 164 Å². The van der Waals surface area contributed by atoms with E-state index in [0.717, 1.165) is 0 Å². The minimum atomic E-state index is -1.23. The van der Waals surface area contributed by atoms with Crippen molar-refractivity contribution in [1.82, 2.24) is 0 Å². The molecular formula is C21H15NO7. The molecule has 0 saturated carbocycles. The van der Waals surface area contributed by atoms with Gasteiger partial charge in [0.2, 0.25) is 0 Å². The van der Waals surface area contributed by atoms with E-state index in [0.29, 0.717) is 39.4 Å². The smallest absolute Gasteiger partial charge is 0.340 e. The summed E-state index contributed by atoms with van der Waals surface area (Å²) in [6.45, 7) is -0.250. The summed E-state index contributed by atoms with van der Waals surface area (Å²) in [5.74, 6) is 0.238. The van der Waals surface area contributed by atoms with Crippen LogP contribution in [0.15, 0.2) is 54.6 Å². The van der Waals surface area contributed by atoms with E-state index in [1.165, 1.54) is 24.3 Å². The molecule has 2 aliphatic rings. The standard InChI is InChI=1S/C20H13NO5.CH2O2/c21-10-1-4-14-13(7-10)19(24)26-20(14)15-5-2-11(22)8-17(15)25-18-9-12(23)3-6-16(18)20;2-1-3/h1-9,22-23H,21H2;1H,(H,2,3). The second-order valence-corrected chi connectivity index (χ2v) is 6.44. The van der Waals surface area contributed by atoms with Gasteiger partial charge in [0.1, 0.15) is 23.0 Å². The molecule has 0 saturated heterocycles. The number of carbonyl (C=O) groups excluding carboxylic acids is 1. The SMILES string of the molecule is Nc1ccc2c(c1)C(=O)OC21c2ccc(O)cc2Oc2cc(O)ccc21.O=CO. The number of hydrogen-bond donors (Lipinski definition) is 4. The summed E-state index contributed by atoms with van der Waals surface area (Å²) in [7, 11) is 0. The molecule has 0 aromatic heterocycles. The minimum absolute atomic E-state index is 0.0179. The molecule has 0 unspecified atom stereocenters. The van der Waals surface area contributed by atoms with Gasteiger partial charge in [0, 0.05) is 34.5 Å². The van der Waals surface area contributed by atoms with Crippen molar-refractivity contribution in [2.45, 2.75) is 5.60 Å². The van der Waals surface area contributed by atoms with Crippen molar-refractivity contribution in [3.05, 3.63) is 76.9 Å². The molecule has 5 rings (SSSR count). The Kier molecular flexibility index (Phi) is 4.04. The normalized spacial score (nSPS) is 14.4. The number of phenolic OH excluding ortho intramolecular Hbond substituents is 2. The first kappa shape index (κ1) is 18.2. The van der Waals surface area contributed by atoms with Crippen LogP contribution in [0.3, 0.4) is 0 Å². The number of ether oxygens (including phenoxy) is 2. The highest BCUT2D eigenvalue weighted by molar-refractivity contribution is 5.98. The van der Waals surface area contributed by atoms with Crippen LogP contribution in [0.1, 0.15) is 27.0 Å². The van der Waals surface area contributed by atoms with Crippen molar-refractivity contribution in [2.75, 3.05) is 5.73 Å². The molecule has 2 aliphatic heterocycles. The van der Waals surface area contributed by atoms with Crippen molar-refractivity contribution < 1.29 is 34.4 Å². The highest BCUT2D eigenvalue weighted by Crippen LogP contribution is 2.57. The van der Waals surface area contributed by atoms with Gasteiger partial charge in [0.25, 0.3) is 6.47 Å². The first-order chi connectivity index (χ1) is 13.9. The van der Waals surface area contributed by atoms with Gasteiger partial charge in [0.15, 0.2) is 5.60 Å². The number of carbonyl (C=O) groups is 2. The molecule has 0 atom stereocenters. The molecule has 0 radical (unpaired) electrons.